The van der Waals surface area contributed by atoms with Gasteiger partial charge < -0.3 is 13.3 Å². The van der Waals surface area contributed by atoms with Crippen LogP contribution in [-0.4, -0.2) is 29.6 Å². The number of rotatable bonds is 6. The van der Waals surface area contributed by atoms with Crippen LogP contribution in [0.5, 0.6) is 0 Å². The molecule has 0 heterocycles. The zero-order valence-corrected chi connectivity index (χ0v) is 8.42. The predicted molar refractivity (Wildman–Crippen MR) is 46.4 cm³/mol. The van der Waals surface area contributed by atoms with Gasteiger partial charge in [0, 0.05) is 20.3 Å². The molecule has 0 unspecified atom stereocenters. The van der Waals surface area contributed by atoms with Gasteiger partial charge in [0.05, 0.1) is 6.61 Å². The Hall–Kier alpha value is -0.163. The standard InChI is InChI=1S/C7H16O3Si/c1-5-7-10-11(6-2,8-3)9-4/h5H,1,6-7H2,2-4H3. The van der Waals surface area contributed by atoms with Gasteiger partial charge in [-0.1, -0.05) is 13.0 Å². The molecule has 11 heavy (non-hydrogen) atoms. The first-order valence-corrected chi connectivity index (χ1v) is 5.53. The lowest BCUT2D eigenvalue weighted by Crippen LogP contribution is -2.43. The van der Waals surface area contributed by atoms with Crippen molar-refractivity contribution in [3.63, 3.8) is 0 Å². The quantitative estimate of drug-likeness (QED) is 0.453. The van der Waals surface area contributed by atoms with E-state index in [1.165, 1.54) is 0 Å². The van der Waals surface area contributed by atoms with E-state index in [0.717, 1.165) is 6.04 Å². The minimum Gasteiger partial charge on any atom is -0.377 e. The van der Waals surface area contributed by atoms with Crippen LogP contribution in [0.1, 0.15) is 6.92 Å². The molecule has 0 fully saturated rings. The maximum atomic E-state index is 5.40. The topological polar surface area (TPSA) is 27.7 Å². The SMILES string of the molecule is C=CCO[Si](CC)(OC)OC. The summed E-state index contributed by atoms with van der Waals surface area (Å²) in [5.41, 5.74) is 0. The van der Waals surface area contributed by atoms with Crippen molar-refractivity contribution >= 4 is 8.80 Å². The summed E-state index contributed by atoms with van der Waals surface area (Å²) < 4.78 is 15.8. The van der Waals surface area contributed by atoms with Gasteiger partial charge in [0.15, 0.2) is 0 Å². The molecule has 0 aliphatic carbocycles. The van der Waals surface area contributed by atoms with Crippen LogP contribution in [0.2, 0.25) is 6.04 Å². The van der Waals surface area contributed by atoms with E-state index in [4.69, 9.17) is 13.3 Å². The van der Waals surface area contributed by atoms with Crippen molar-refractivity contribution in [2.45, 2.75) is 13.0 Å². The summed E-state index contributed by atoms with van der Waals surface area (Å²) in [7, 11) is 0.917. The Morgan fingerprint density at radius 2 is 1.91 bits per heavy atom. The van der Waals surface area contributed by atoms with Crippen molar-refractivity contribution in [3.8, 4) is 0 Å². The van der Waals surface area contributed by atoms with Gasteiger partial charge in [0.2, 0.25) is 0 Å². The Bertz CT molecular complexity index is 104. The molecule has 0 saturated heterocycles. The number of hydrogen-bond acceptors (Lipinski definition) is 3. The van der Waals surface area contributed by atoms with Crippen molar-refractivity contribution in [2.24, 2.45) is 0 Å². The molecule has 3 nitrogen and oxygen atoms in total. The molecule has 0 aromatic carbocycles. The minimum atomic E-state index is -2.31. The van der Waals surface area contributed by atoms with Gasteiger partial charge in [-0.3, -0.25) is 0 Å². The van der Waals surface area contributed by atoms with Gasteiger partial charge in [-0.15, -0.1) is 6.58 Å². The lowest BCUT2D eigenvalue weighted by molar-refractivity contribution is 0.111. The molecule has 66 valence electrons. The zero-order chi connectivity index (χ0) is 8.74. The molecule has 0 rings (SSSR count). The van der Waals surface area contributed by atoms with Crippen LogP contribution in [0.15, 0.2) is 12.7 Å². The summed E-state index contributed by atoms with van der Waals surface area (Å²) in [4.78, 5) is 0. The third-order valence-corrected chi connectivity index (χ3v) is 4.19. The van der Waals surface area contributed by atoms with Gasteiger partial charge in [-0.05, 0) is 0 Å². The Morgan fingerprint density at radius 1 is 1.36 bits per heavy atom. The second kappa shape index (κ2) is 5.48. The molecular weight excluding hydrogens is 160 g/mol. The third-order valence-electron chi connectivity index (χ3n) is 1.48. The average molecular weight is 176 g/mol. The first-order chi connectivity index (χ1) is 5.24. The van der Waals surface area contributed by atoms with Crippen LogP contribution in [0.3, 0.4) is 0 Å². The lowest BCUT2D eigenvalue weighted by Gasteiger charge is -2.23. The molecule has 0 N–H and O–H groups in total. The van der Waals surface area contributed by atoms with E-state index < -0.39 is 8.80 Å². The van der Waals surface area contributed by atoms with Crippen LogP contribution < -0.4 is 0 Å². The molecule has 0 amide bonds. The largest absolute Gasteiger partial charge is 0.500 e. The molecule has 0 aromatic heterocycles. The minimum absolute atomic E-state index is 0.488. The highest BCUT2D eigenvalue weighted by Crippen LogP contribution is 2.12. The Kier molecular flexibility index (Phi) is 5.40. The van der Waals surface area contributed by atoms with Crippen LogP contribution in [0.25, 0.3) is 0 Å². The third kappa shape index (κ3) is 3.16. The van der Waals surface area contributed by atoms with Crippen LogP contribution in [0.4, 0.5) is 0 Å². The molecule has 0 aliphatic rings. The first kappa shape index (κ1) is 10.8. The molecule has 0 saturated carbocycles. The maximum Gasteiger partial charge on any atom is 0.500 e. The van der Waals surface area contributed by atoms with Crippen molar-refractivity contribution in [1.29, 1.82) is 0 Å². The van der Waals surface area contributed by atoms with Gasteiger partial charge in [-0.25, -0.2) is 0 Å². The van der Waals surface area contributed by atoms with Gasteiger partial charge in [0.1, 0.15) is 0 Å². The average Bonchev–Trinajstić information content (AvgIpc) is 2.08. The zero-order valence-electron chi connectivity index (χ0n) is 7.42. The fraction of sp³-hybridized carbons (Fsp3) is 0.714. The summed E-state index contributed by atoms with van der Waals surface area (Å²) in [5.74, 6) is 0. The summed E-state index contributed by atoms with van der Waals surface area (Å²) in [6, 6.07) is 0.786. The predicted octanol–water partition coefficient (Wildman–Crippen LogP) is 1.44. The highest BCUT2D eigenvalue weighted by atomic mass is 28.4. The van der Waals surface area contributed by atoms with E-state index in [2.05, 4.69) is 6.58 Å². The normalized spacial score (nSPS) is 11.5. The van der Waals surface area contributed by atoms with E-state index in [1.54, 1.807) is 20.3 Å². The molecular formula is C7H16O3Si. The Morgan fingerprint density at radius 3 is 2.18 bits per heavy atom. The van der Waals surface area contributed by atoms with E-state index in [0.29, 0.717) is 6.61 Å². The van der Waals surface area contributed by atoms with Gasteiger partial charge in [0.25, 0.3) is 0 Å². The fourth-order valence-corrected chi connectivity index (χ4v) is 2.33. The first-order valence-electron chi connectivity index (χ1n) is 3.59. The Labute approximate surface area is 69.3 Å². The van der Waals surface area contributed by atoms with Crippen molar-refractivity contribution in [3.05, 3.63) is 12.7 Å². The molecule has 0 aromatic rings. The van der Waals surface area contributed by atoms with Crippen LogP contribution in [-0.2, 0) is 13.3 Å². The van der Waals surface area contributed by atoms with Gasteiger partial charge >= 0.3 is 8.80 Å². The molecule has 0 radical (unpaired) electrons. The van der Waals surface area contributed by atoms with E-state index >= 15 is 0 Å². The smallest absolute Gasteiger partial charge is 0.377 e. The highest BCUT2D eigenvalue weighted by molar-refractivity contribution is 6.60. The lowest BCUT2D eigenvalue weighted by atomic mass is 10.7. The van der Waals surface area contributed by atoms with Crippen molar-refractivity contribution in [2.75, 3.05) is 20.8 Å². The van der Waals surface area contributed by atoms with E-state index in [1.807, 2.05) is 6.92 Å². The molecule has 0 spiro atoms. The van der Waals surface area contributed by atoms with Crippen molar-refractivity contribution in [1.82, 2.24) is 0 Å². The number of hydrogen-bond donors (Lipinski definition) is 0. The molecule has 0 aliphatic heterocycles. The fourth-order valence-electron chi connectivity index (χ4n) is 0.778. The summed E-state index contributed by atoms with van der Waals surface area (Å²) >= 11 is 0. The molecule has 4 heteroatoms. The molecule has 0 atom stereocenters. The van der Waals surface area contributed by atoms with Gasteiger partial charge in [-0.2, -0.15) is 0 Å². The van der Waals surface area contributed by atoms with E-state index in [-0.39, 0.29) is 0 Å². The molecule has 0 bridgehead atoms. The van der Waals surface area contributed by atoms with E-state index in [9.17, 15) is 0 Å². The summed E-state index contributed by atoms with van der Waals surface area (Å²) in [6.45, 7) is 6.03. The maximum absolute atomic E-state index is 5.40. The summed E-state index contributed by atoms with van der Waals surface area (Å²) in [5, 5.41) is 0. The van der Waals surface area contributed by atoms with Crippen LogP contribution in [0, 0.1) is 0 Å². The second-order valence-corrected chi connectivity index (χ2v) is 5.22. The monoisotopic (exact) mass is 176 g/mol. The second-order valence-electron chi connectivity index (χ2n) is 2.04. The van der Waals surface area contributed by atoms with Crippen molar-refractivity contribution < 1.29 is 13.3 Å². The highest BCUT2D eigenvalue weighted by Gasteiger charge is 2.35. The van der Waals surface area contributed by atoms with Crippen LogP contribution >= 0.6 is 0 Å². The Balaban J connectivity index is 3.93. The summed E-state index contributed by atoms with van der Waals surface area (Å²) in [6.07, 6.45) is 1.69.